The Balaban J connectivity index is 1.04. The molecule has 10 heteroatoms. The fourth-order valence-electron chi connectivity index (χ4n) is 6.17. The van der Waals surface area contributed by atoms with E-state index in [1.54, 1.807) is 0 Å². The number of aromatic hydroxyl groups is 1. The largest absolute Gasteiger partial charge is 0.479 e. The predicted molar refractivity (Wildman–Crippen MR) is 206 cm³/mol. The molecule has 7 rings (SSSR count). The van der Waals surface area contributed by atoms with E-state index in [0.29, 0.717) is 0 Å². The lowest BCUT2D eigenvalue weighted by Gasteiger charge is -2.10. The second-order valence-corrected chi connectivity index (χ2v) is 12.8. The van der Waals surface area contributed by atoms with Crippen LogP contribution in [0.25, 0.3) is 21.5 Å². The van der Waals surface area contributed by atoms with Crippen LogP contribution in [0.15, 0.2) is 118 Å². The first-order valence-corrected chi connectivity index (χ1v) is 16.6. The summed E-state index contributed by atoms with van der Waals surface area (Å²) in [6.45, 7) is 12.3. The molecule has 10 nitrogen and oxygen atoms in total. The van der Waals surface area contributed by atoms with Gasteiger partial charge in [-0.25, -0.2) is 0 Å². The minimum Gasteiger partial charge on any atom is -0.479 e. The van der Waals surface area contributed by atoms with Gasteiger partial charge in [-0.15, -0.1) is 0 Å². The van der Waals surface area contributed by atoms with Crippen molar-refractivity contribution in [1.82, 2.24) is 15.0 Å². The molecule has 0 unspecified atom stereocenters. The molecule has 0 amide bonds. The first-order valence-electron chi connectivity index (χ1n) is 16.6. The molecule has 0 radical (unpaired) electrons. The molecule has 7 aromatic rings. The van der Waals surface area contributed by atoms with Crippen molar-refractivity contribution in [2.24, 2.45) is 20.5 Å². The minimum absolute atomic E-state index is 0.184. The lowest BCUT2D eigenvalue weighted by atomic mass is 10.0. The topological polar surface area (TPSA) is 132 Å². The van der Waals surface area contributed by atoms with Crippen LogP contribution in [0.4, 0.5) is 46.0 Å². The quantitative estimate of drug-likeness (QED) is 0.138. The summed E-state index contributed by atoms with van der Waals surface area (Å²) in [6, 6.07) is 31.8. The number of nitrogens with zero attached hydrogens (tertiary/aromatic N) is 7. The van der Waals surface area contributed by atoms with Crippen molar-refractivity contribution in [3.05, 3.63) is 130 Å². The number of rotatable bonds is 8. The van der Waals surface area contributed by atoms with E-state index in [1.165, 1.54) is 32.7 Å². The smallest absolute Gasteiger partial charge is 0.320 e. The van der Waals surface area contributed by atoms with Gasteiger partial charge in [0.25, 0.3) is 0 Å². The molecule has 1 aromatic heterocycles. The first kappa shape index (κ1) is 33.0. The van der Waals surface area contributed by atoms with Gasteiger partial charge in [0.15, 0.2) is 0 Å². The molecule has 0 spiro atoms. The SMILES string of the molecule is Cc1cc(Nc2nc(O)nc(Nc3ccc(N=Nc4cc(C)c5cccc(C)c5c4)c(C)c3)n2)ccc1N=Nc1cc(C)c2cccc(C)c2c1. The molecule has 0 aliphatic carbocycles. The van der Waals surface area contributed by atoms with Gasteiger partial charge in [-0.3, -0.25) is 0 Å². The van der Waals surface area contributed by atoms with Crippen LogP contribution in [0.3, 0.4) is 0 Å². The molecule has 6 aromatic carbocycles. The monoisotopic (exact) mass is 671 g/mol. The third-order valence-corrected chi connectivity index (χ3v) is 8.89. The maximum absolute atomic E-state index is 10.3. The van der Waals surface area contributed by atoms with Crippen molar-refractivity contribution in [2.45, 2.75) is 41.5 Å². The van der Waals surface area contributed by atoms with Gasteiger partial charge in [-0.05, 0) is 157 Å². The van der Waals surface area contributed by atoms with E-state index in [2.05, 4.69) is 122 Å². The standard InChI is InChI=1S/C41H37N9O/c1-23-9-7-11-33-25(3)17-31(21-35(23)33)47-49-37-15-13-29(19-27(37)5)42-39-44-40(46-41(51)45-39)43-30-14-16-38(28(6)20-30)50-48-32-18-26(4)34-12-8-10-24(2)36(34)22-32/h7-22H,1-6H3,(H3,42,43,44,45,46,51). The van der Waals surface area contributed by atoms with Crippen molar-refractivity contribution in [1.29, 1.82) is 0 Å². The average molecular weight is 672 g/mol. The van der Waals surface area contributed by atoms with Crippen molar-refractivity contribution < 1.29 is 5.11 Å². The molecule has 51 heavy (non-hydrogen) atoms. The zero-order valence-electron chi connectivity index (χ0n) is 29.3. The molecule has 0 saturated carbocycles. The zero-order chi connectivity index (χ0) is 35.6. The van der Waals surface area contributed by atoms with E-state index in [-0.39, 0.29) is 11.9 Å². The second kappa shape index (κ2) is 13.8. The Labute approximate surface area is 296 Å². The number of hydrogen-bond acceptors (Lipinski definition) is 10. The van der Waals surface area contributed by atoms with Gasteiger partial charge in [0.05, 0.1) is 22.7 Å². The molecule has 0 saturated heterocycles. The van der Waals surface area contributed by atoms with Gasteiger partial charge in [0.1, 0.15) is 0 Å². The summed E-state index contributed by atoms with van der Waals surface area (Å²) >= 11 is 0. The van der Waals surface area contributed by atoms with Gasteiger partial charge < -0.3 is 15.7 Å². The van der Waals surface area contributed by atoms with E-state index < -0.39 is 6.01 Å². The number of benzene rings is 6. The van der Waals surface area contributed by atoms with Crippen molar-refractivity contribution in [2.75, 3.05) is 10.6 Å². The fraction of sp³-hybridized carbons (Fsp3) is 0.146. The number of anilines is 4. The number of aryl methyl sites for hydroxylation is 6. The highest BCUT2D eigenvalue weighted by atomic mass is 16.3. The Morgan fingerprint density at radius 1 is 0.431 bits per heavy atom. The summed E-state index contributed by atoms with van der Waals surface area (Å²) in [7, 11) is 0. The van der Waals surface area contributed by atoms with Crippen LogP contribution in [0.1, 0.15) is 33.4 Å². The second-order valence-electron chi connectivity index (χ2n) is 12.8. The van der Waals surface area contributed by atoms with E-state index in [1.807, 2.05) is 62.4 Å². The number of fused-ring (bicyclic) bond motifs is 2. The normalized spacial score (nSPS) is 11.6. The van der Waals surface area contributed by atoms with Crippen LogP contribution in [-0.4, -0.2) is 20.1 Å². The van der Waals surface area contributed by atoms with Gasteiger partial charge >= 0.3 is 6.01 Å². The van der Waals surface area contributed by atoms with Crippen molar-refractivity contribution >= 4 is 67.6 Å². The van der Waals surface area contributed by atoms with E-state index in [9.17, 15) is 5.11 Å². The zero-order valence-corrected chi connectivity index (χ0v) is 29.3. The van der Waals surface area contributed by atoms with Crippen LogP contribution in [0.5, 0.6) is 6.01 Å². The number of hydrogen-bond donors (Lipinski definition) is 3. The summed E-state index contributed by atoms with van der Waals surface area (Å²) in [5.74, 6) is 0.368. The van der Waals surface area contributed by atoms with Crippen molar-refractivity contribution in [3.8, 4) is 6.01 Å². The Hall–Kier alpha value is -6.55. The highest BCUT2D eigenvalue weighted by Gasteiger charge is 2.10. The Morgan fingerprint density at radius 3 is 1.31 bits per heavy atom. The lowest BCUT2D eigenvalue weighted by Crippen LogP contribution is -2.03. The number of nitrogens with one attached hydrogen (secondary N) is 2. The third-order valence-electron chi connectivity index (χ3n) is 8.89. The van der Waals surface area contributed by atoms with Crippen LogP contribution in [0, 0.1) is 41.5 Å². The molecule has 0 aliphatic heterocycles. The van der Waals surface area contributed by atoms with E-state index in [4.69, 9.17) is 0 Å². The molecule has 0 aliphatic rings. The van der Waals surface area contributed by atoms with Crippen LogP contribution >= 0.6 is 0 Å². The molecule has 0 atom stereocenters. The van der Waals surface area contributed by atoms with E-state index in [0.717, 1.165) is 56.4 Å². The molecule has 3 N–H and O–H groups in total. The Kier molecular flexibility index (Phi) is 8.89. The van der Waals surface area contributed by atoms with Crippen LogP contribution < -0.4 is 10.6 Å². The molecule has 252 valence electrons. The van der Waals surface area contributed by atoms with Crippen LogP contribution in [-0.2, 0) is 0 Å². The number of azo groups is 2. The summed E-state index contributed by atoms with van der Waals surface area (Å²) in [5, 5.41) is 39.5. The highest BCUT2D eigenvalue weighted by molar-refractivity contribution is 5.91. The summed E-state index contributed by atoms with van der Waals surface area (Å²) in [5.41, 5.74) is 11.1. The Morgan fingerprint density at radius 2 is 0.882 bits per heavy atom. The van der Waals surface area contributed by atoms with Gasteiger partial charge in [-0.2, -0.15) is 35.4 Å². The first-order chi connectivity index (χ1) is 24.6. The number of aromatic nitrogens is 3. The van der Waals surface area contributed by atoms with Gasteiger partial charge in [0.2, 0.25) is 11.9 Å². The fourth-order valence-corrected chi connectivity index (χ4v) is 6.17. The average Bonchev–Trinajstić information content (AvgIpc) is 3.08. The molecule has 0 fully saturated rings. The summed E-state index contributed by atoms with van der Waals surface area (Å²) < 4.78 is 0. The summed E-state index contributed by atoms with van der Waals surface area (Å²) in [6.07, 6.45) is 0. The maximum atomic E-state index is 10.3. The lowest BCUT2D eigenvalue weighted by molar-refractivity contribution is 0.430. The molecule has 0 bridgehead atoms. The molecular weight excluding hydrogens is 635 g/mol. The van der Waals surface area contributed by atoms with E-state index >= 15 is 0 Å². The maximum Gasteiger partial charge on any atom is 0.320 e. The highest BCUT2D eigenvalue weighted by Crippen LogP contribution is 2.32. The van der Waals surface area contributed by atoms with Gasteiger partial charge in [0, 0.05) is 11.4 Å². The van der Waals surface area contributed by atoms with Crippen LogP contribution in [0.2, 0.25) is 0 Å². The third kappa shape index (κ3) is 7.25. The van der Waals surface area contributed by atoms with Gasteiger partial charge in [-0.1, -0.05) is 36.4 Å². The van der Waals surface area contributed by atoms with Crippen molar-refractivity contribution in [3.63, 3.8) is 0 Å². The summed E-state index contributed by atoms with van der Waals surface area (Å²) in [4.78, 5) is 12.6. The Bertz CT molecular complexity index is 2350. The molecule has 1 heterocycles. The minimum atomic E-state index is -0.416. The predicted octanol–water partition coefficient (Wildman–Crippen LogP) is 12.1. The molecular formula is C41H37N9O.